The summed E-state index contributed by atoms with van der Waals surface area (Å²) in [5.74, 6) is -0.483. The normalized spacial score (nSPS) is 23.2. The Balaban J connectivity index is 1.44. The number of nitrogens with zero attached hydrogens (tertiary/aromatic N) is 1. The van der Waals surface area contributed by atoms with Gasteiger partial charge >= 0.3 is 0 Å². The Hall–Kier alpha value is -3.47. The average Bonchev–Trinajstić information content (AvgIpc) is 3.59. The van der Waals surface area contributed by atoms with Gasteiger partial charge in [-0.05, 0) is 79.4 Å². The average molecular weight is 431 g/mol. The monoisotopic (exact) mass is 431 g/mol. The lowest BCUT2D eigenvalue weighted by molar-refractivity contribution is -0.139. The first-order valence-corrected chi connectivity index (χ1v) is 10.7. The van der Waals surface area contributed by atoms with Gasteiger partial charge < -0.3 is 10.0 Å². The van der Waals surface area contributed by atoms with Crippen LogP contribution in [0.4, 0.5) is 14.5 Å². The van der Waals surface area contributed by atoms with Crippen LogP contribution in [0, 0.1) is 17.0 Å². The summed E-state index contributed by atoms with van der Waals surface area (Å²) in [5, 5.41) is 9.73. The highest BCUT2D eigenvalue weighted by Gasteiger charge is 2.59. The van der Waals surface area contributed by atoms with Crippen LogP contribution in [0.25, 0.3) is 0 Å². The quantitative estimate of drug-likeness (QED) is 0.381. The third kappa shape index (κ3) is 3.29. The smallest absolute Gasteiger partial charge is 0.235 e. The van der Waals surface area contributed by atoms with Gasteiger partial charge in [0.05, 0.1) is 11.5 Å². The van der Waals surface area contributed by atoms with E-state index in [1.807, 2.05) is 19.1 Å². The van der Waals surface area contributed by atoms with E-state index < -0.39 is 5.41 Å². The molecular weight excluding hydrogens is 408 g/mol. The zero-order valence-corrected chi connectivity index (χ0v) is 17.6. The number of β-lactam (4-membered cyclic amide) rings is 1. The third-order valence-electron chi connectivity index (χ3n) is 6.89. The topological polar surface area (TPSA) is 40.5 Å². The SMILES string of the molecule is C[C@@]1(CCC2(c3ccc(F)cc3)C=C2)C(=O)N(c2ccc(F)cc2)C1c1ccc(O)cc1. The van der Waals surface area contributed by atoms with E-state index in [2.05, 4.69) is 12.2 Å². The van der Waals surface area contributed by atoms with Gasteiger partial charge in [0, 0.05) is 11.1 Å². The number of carbonyl (C=O) groups is 1. The summed E-state index contributed by atoms with van der Waals surface area (Å²) in [7, 11) is 0. The predicted molar refractivity (Wildman–Crippen MR) is 119 cm³/mol. The van der Waals surface area contributed by atoms with Crippen molar-refractivity contribution in [2.45, 2.75) is 31.2 Å². The molecule has 0 radical (unpaired) electrons. The van der Waals surface area contributed by atoms with Crippen molar-refractivity contribution in [2.75, 3.05) is 4.90 Å². The molecular formula is C27H23F2NO2. The van der Waals surface area contributed by atoms with E-state index in [1.54, 1.807) is 41.3 Å². The molecule has 5 rings (SSSR count). The van der Waals surface area contributed by atoms with Gasteiger partial charge in [0.25, 0.3) is 0 Å². The fourth-order valence-electron chi connectivity index (χ4n) is 4.84. The second-order valence-electron chi connectivity index (χ2n) is 8.94. The molecule has 0 saturated carbocycles. The van der Waals surface area contributed by atoms with Gasteiger partial charge in [-0.2, -0.15) is 0 Å². The summed E-state index contributed by atoms with van der Waals surface area (Å²) in [6, 6.07) is 19.1. The van der Waals surface area contributed by atoms with Gasteiger partial charge in [0.15, 0.2) is 0 Å². The number of benzene rings is 3. The van der Waals surface area contributed by atoms with E-state index in [1.165, 1.54) is 24.3 Å². The third-order valence-corrected chi connectivity index (χ3v) is 6.89. The molecule has 1 aliphatic carbocycles. The van der Waals surface area contributed by atoms with Crippen molar-refractivity contribution in [2.24, 2.45) is 5.41 Å². The molecule has 2 atom stereocenters. The van der Waals surface area contributed by atoms with Crippen molar-refractivity contribution < 1.29 is 18.7 Å². The van der Waals surface area contributed by atoms with Crippen LogP contribution in [-0.4, -0.2) is 11.0 Å². The largest absolute Gasteiger partial charge is 0.508 e. The molecule has 1 N–H and O–H groups in total. The van der Waals surface area contributed by atoms with Gasteiger partial charge in [-0.15, -0.1) is 0 Å². The number of amides is 1. The van der Waals surface area contributed by atoms with Gasteiger partial charge in [0.1, 0.15) is 17.4 Å². The van der Waals surface area contributed by atoms with Crippen molar-refractivity contribution in [3.05, 3.63) is 108 Å². The number of rotatable bonds is 6. The zero-order valence-electron chi connectivity index (χ0n) is 17.6. The number of phenols is 1. The number of anilines is 1. The van der Waals surface area contributed by atoms with E-state index in [0.29, 0.717) is 12.1 Å². The fourth-order valence-corrected chi connectivity index (χ4v) is 4.84. The Labute approximate surface area is 185 Å². The highest BCUT2D eigenvalue weighted by atomic mass is 19.1. The Bertz CT molecular complexity index is 1180. The number of hydrogen-bond donors (Lipinski definition) is 1. The fraction of sp³-hybridized carbons (Fsp3) is 0.222. The van der Waals surface area contributed by atoms with Crippen LogP contribution < -0.4 is 4.90 Å². The minimum Gasteiger partial charge on any atom is -0.508 e. The molecule has 2 aliphatic rings. The molecule has 1 heterocycles. The molecule has 3 aromatic carbocycles. The Morgan fingerprint density at radius 2 is 1.41 bits per heavy atom. The highest BCUT2D eigenvalue weighted by Crippen LogP contribution is 2.57. The molecule has 0 bridgehead atoms. The maximum Gasteiger partial charge on any atom is 0.235 e. The van der Waals surface area contributed by atoms with Gasteiger partial charge in [-0.3, -0.25) is 4.79 Å². The van der Waals surface area contributed by atoms with Crippen molar-refractivity contribution in [1.82, 2.24) is 0 Å². The molecule has 1 fully saturated rings. The number of hydrogen-bond acceptors (Lipinski definition) is 2. The van der Waals surface area contributed by atoms with E-state index in [4.69, 9.17) is 0 Å². The Kier molecular flexibility index (Phi) is 4.66. The predicted octanol–water partition coefficient (Wildman–Crippen LogP) is 6.05. The summed E-state index contributed by atoms with van der Waals surface area (Å²) in [5.41, 5.74) is 1.67. The highest BCUT2D eigenvalue weighted by molar-refractivity contribution is 6.06. The van der Waals surface area contributed by atoms with Crippen molar-refractivity contribution in [3.8, 4) is 5.75 Å². The summed E-state index contributed by atoms with van der Waals surface area (Å²) in [4.78, 5) is 15.2. The molecule has 162 valence electrons. The van der Waals surface area contributed by atoms with Crippen LogP contribution >= 0.6 is 0 Å². The van der Waals surface area contributed by atoms with Crippen LogP contribution in [0.1, 0.15) is 36.9 Å². The van der Waals surface area contributed by atoms with Crippen LogP contribution in [0.5, 0.6) is 5.75 Å². The van der Waals surface area contributed by atoms with Gasteiger partial charge in [0.2, 0.25) is 5.91 Å². The van der Waals surface area contributed by atoms with Gasteiger partial charge in [-0.25, -0.2) is 8.78 Å². The molecule has 0 spiro atoms. The standard InChI is InChI=1S/C27H23F2NO2/c1-26(14-15-27(16-17-27)19-4-6-20(28)7-5-19)24(18-2-12-23(31)13-3-18)30(25(26)32)22-10-8-21(29)9-11-22/h2-13,16-17,24,31H,14-15H2,1H3/t24?,26-/m0/s1. The number of carbonyl (C=O) groups excluding carboxylic acids is 1. The first-order valence-electron chi connectivity index (χ1n) is 10.7. The molecule has 32 heavy (non-hydrogen) atoms. The van der Waals surface area contributed by atoms with Gasteiger partial charge in [-0.1, -0.05) is 36.4 Å². The first-order chi connectivity index (χ1) is 15.3. The maximum absolute atomic E-state index is 13.5. The minimum absolute atomic E-state index is 0.0166. The van der Waals surface area contributed by atoms with Crippen LogP contribution in [0.2, 0.25) is 0 Å². The molecule has 3 nitrogen and oxygen atoms in total. The maximum atomic E-state index is 13.5. The number of halogens is 2. The number of allylic oxidation sites excluding steroid dienone is 2. The zero-order chi connectivity index (χ0) is 22.5. The molecule has 1 aliphatic heterocycles. The van der Waals surface area contributed by atoms with Crippen LogP contribution in [-0.2, 0) is 10.2 Å². The van der Waals surface area contributed by atoms with E-state index in [-0.39, 0.29) is 34.7 Å². The molecule has 3 aromatic rings. The summed E-state index contributed by atoms with van der Waals surface area (Å²) in [6.45, 7) is 1.97. The minimum atomic E-state index is -0.664. The summed E-state index contributed by atoms with van der Waals surface area (Å²) in [6.07, 6.45) is 5.55. The first kappa shape index (κ1) is 20.4. The summed E-state index contributed by atoms with van der Waals surface area (Å²) >= 11 is 0. The van der Waals surface area contributed by atoms with Crippen LogP contribution in [0.3, 0.4) is 0 Å². The molecule has 0 aromatic heterocycles. The van der Waals surface area contributed by atoms with Crippen molar-refractivity contribution in [1.29, 1.82) is 0 Å². The number of phenolic OH excluding ortho intramolecular Hbond substituents is 1. The molecule has 5 heteroatoms. The Morgan fingerprint density at radius 3 is 1.97 bits per heavy atom. The lowest BCUT2D eigenvalue weighted by Gasteiger charge is -2.55. The second-order valence-corrected chi connectivity index (χ2v) is 8.94. The molecule has 1 unspecified atom stereocenters. The van der Waals surface area contributed by atoms with E-state index in [9.17, 15) is 18.7 Å². The molecule has 1 amide bonds. The van der Waals surface area contributed by atoms with E-state index >= 15 is 0 Å². The van der Waals surface area contributed by atoms with Crippen LogP contribution in [0.15, 0.2) is 84.9 Å². The lowest BCUT2D eigenvalue weighted by atomic mass is 9.64. The lowest BCUT2D eigenvalue weighted by Crippen LogP contribution is -2.62. The Morgan fingerprint density at radius 1 is 0.844 bits per heavy atom. The van der Waals surface area contributed by atoms with Crippen molar-refractivity contribution in [3.63, 3.8) is 0 Å². The molecule has 1 saturated heterocycles. The number of aromatic hydroxyl groups is 1. The summed E-state index contributed by atoms with van der Waals surface area (Å²) < 4.78 is 26.8. The van der Waals surface area contributed by atoms with E-state index in [0.717, 1.165) is 17.5 Å². The van der Waals surface area contributed by atoms with Crippen molar-refractivity contribution >= 4 is 11.6 Å². The second kappa shape index (κ2) is 7.30.